The first-order valence-corrected chi connectivity index (χ1v) is 9.83. The Morgan fingerprint density at radius 1 is 1.27 bits per heavy atom. The van der Waals surface area contributed by atoms with E-state index in [1.54, 1.807) is 13.8 Å². The number of carboxylic acid groups (broad SMARTS) is 1. The predicted molar refractivity (Wildman–Crippen MR) is 101 cm³/mol. The van der Waals surface area contributed by atoms with Gasteiger partial charge in [0.1, 0.15) is 11.9 Å². The second-order valence-corrected chi connectivity index (χ2v) is 8.20. The summed E-state index contributed by atoms with van der Waals surface area (Å²) in [6.45, 7) is 3.57. The molecule has 0 fully saturated rings. The highest BCUT2D eigenvalue weighted by atomic mass is 79.9. The Morgan fingerprint density at radius 2 is 1.88 bits per heavy atom. The van der Waals surface area contributed by atoms with Crippen LogP contribution in [0.2, 0.25) is 0 Å². The molecule has 0 saturated carbocycles. The monoisotopic (exact) mass is 443 g/mol. The molecule has 0 radical (unpaired) electrons. The molecule has 0 aliphatic rings. The van der Waals surface area contributed by atoms with Crippen molar-refractivity contribution in [1.82, 2.24) is 9.97 Å². The number of aliphatic carboxylic acids is 1. The molecule has 0 amide bonds. The molecule has 5 N–H and O–H groups in total. The molecule has 0 aliphatic carbocycles. The fourth-order valence-electron chi connectivity index (χ4n) is 2.05. The maximum absolute atomic E-state index is 11.3. The summed E-state index contributed by atoms with van der Waals surface area (Å²) in [6.07, 6.45) is 1.48. The third kappa shape index (κ3) is 5.13. The van der Waals surface area contributed by atoms with Crippen LogP contribution < -0.4 is 15.8 Å². The van der Waals surface area contributed by atoms with Crippen LogP contribution >= 0.6 is 15.9 Å². The Balaban J connectivity index is 2.22. The summed E-state index contributed by atoms with van der Waals surface area (Å²) in [7, 11) is -3.77. The van der Waals surface area contributed by atoms with Gasteiger partial charge in [-0.1, -0.05) is 13.8 Å². The summed E-state index contributed by atoms with van der Waals surface area (Å²) in [5, 5.41) is 20.1. The molecule has 9 nitrogen and oxygen atoms in total. The van der Waals surface area contributed by atoms with Gasteiger partial charge in [0.25, 0.3) is 0 Å². The van der Waals surface area contributed by atoms with E-state index in [-0.39, 0.29) is 16.8 Å². The highest BCUT2D eigenvalue weighted by Gasteiger charge is 2.22. The molecule has 1 heterocycles. The number of nitrogens with zero attached hydrogens (tertiary/aromatic N) is 2. The molecular formula is C15H18BrN5O4S. The van der Waals surface area contributed by atoms with Gasteiger partial charge in [0.2, 0.25) is 16.0 Å². The maximum atomic E-state index is 11.3. The van der Waals surface area contributed by atoms with Gasteiger partial charge in [-0.25, -0.2) is 23.3 Å². The van der Waals surface area contributed by atoms with Crippen LogP contribution in [0.1, 0.15) is 13.8 Å². The number of carbonyl (C=O) groups is 1. The van der Waals surface area contributed by atoms with Crippen molar-refractivity contribution < 1.29 is 18.3 Å². The molecule has 0 bridgehead atoms. The second-order valence-electron chi connectivity index (χ2n) is 5.79. The molecule has 2 aromatic rings. The van der Waals surface area contributed by atoms with E-state index in [0.717, 1.165) is 0 Å². The number of sulfonamides is 1. The standard InChI is InChI=1S/C15H18BrN5O4S/c1-8(2)12(14(22)23)20-13-11(16)7-18-15(21-13)19-9-3-5-10(6-4-9)26(17,24)25/h3-8,12H,1-2H3,(H,22,23)(H2,17,24,25)(H2,18,19,20,21)/t12-/m1/s1. The highest BCUT2D eigenvalue weighted by Crippen LogP contribution is 2.24. The average molecular weight is 444 g/mol. The molecule has 0 saturated heterocycles. The second kappa shape index (κ2) is 7.98. The molecule has 1 atom stereocenters. The molecule has 140 valence electrons. The molecule has 26 heavy (non-hydrogen) atoms. The van der Waals surface area contributed by atoms with Crippen LogP contribution in [0, 0.1) is 5.92 Å². The number of halogens is 1. The molecule has 2 rings (SSSR count). The van der Waals surface area contributed by atoms with Crippen molar-refractivity contribution in [3.8, 4) is 0 Å². The minimum absolute atomic E-state index is 0.0108. The van der Waals surface area contributed by atoms with E-state index >= 15 is 0 Å². The molecule has 1 aromatic heterocycles. The summed E-state index contributed by atoms with van der Waals surface area (Å²) in [4.78, 5) is 19.7. The zero-order valence-corrected chi connectivity index (χ0v) is 16.4. The largest absolute Gasteiger partial charge is 0.480 e. The van der Waals surface area contributed by atoms with E-state index in [2.05, 4.69) is 36.5 Å². The van der Waals surface area contributed by atoms with Gasteiger partial charge in [-0.2, -0.15) is 4.98 Å². The van der Waals surface area contributed by atoms with Crippen LogP contribution in [0.4, 0.5) is 17.5 Å². The van der Waals surface area contributed by atoms with Crippen molar-refractivity contribution in [2.45, 2.75) is 24.8 Å². The van der Waals surface area contributed by atoms with Gasteiger partial charge in [0, 0.05) is 11.9 Å². The lowest BCUT2D eigenvalue weighted by molar-refractivity contribution is -0.138. The van der Waals surface area contributed by atoms with Crippen molar-refractivity contribution in [3.05, 3.63) is 34.9 Å². The van der Waals surface area contributed by atoms with E-state index in [0.29, 0.717) is 16.0 Å². The van der Waals surface area contributed by atoms with Crippen molar-refractivity contribution in [2.75, 3.05) is 10.6 Å². The quantitative estimate of drug-likeness (QED) is 0.508. The fraction of sp³-hybridized carbons (Fsp3) is 0.267. The first kappa shape index (κ1) is 20.1. The van der Waals surface area contributed by atoms with Crippen LogP contribution in [-0.2, 0) is 14.8 Å². The fourth-order valence-corrected chi connectivity index (χ4v) is 2.87. The first-order chi connectivity index (χ1) is 12.1. The van der Waals surface area contributed by atoms with Gasteiger partial charge in [0.05, 0.1) is 9.37 Å². The van der Waals surface area contributed by atoms with Gasteiger partial charge in [-0.15, -0.1) is 0 Å². The highest BCUT2D eigenvalue weighted by molar-refractivity contribution is 9.10. The number of nitrogens with one attached hydrogen (secondary N) is 2. The average Bonchev–Trinajstić information content (AvgIpc) is 2.54. The van der Waals surface area contributed by atoms with Crippen LogP contribution in [0.15, 0.2) is 39.8 Å². The molecule has 0 spiro atoms. The molecular weight excluding hydrogens is 426 g/mol. The third-order valence-electron chi connectivity index (χ3n) is 3.41. The zero-order valence-electron chi connectivity index (χ0n) is 14.0. The maximum Gasteiger partial charge on any atom is 0.326 e. The summed E-state index contributed by atoms with van der Waals surface area (Å²) in [6, 6.07) is 4.94. The number of hydrogen-bond acceptors (Lipinski definition) is 7. The summed E-state index contributed by atoms with van der Waals surface area (Å²) >= 11 is 3.29. The number of hydrogen-bond donors (Lipinski definition) is 4. The number of carboxylic acids is 1. The van der Waals surface area contributed by atoms with Crippen molar-refractivity contribution >= 4 is 49.4 Å². The van der Waals surface area contributed by atoms with Crippen LogP contribution in [-0.4, -0.2) is 35.5 Å². The van der Waals surface area contributed by atoms with E-state index < -0.39 is 22.0 Å². The lowest BCUT2D eigenvalue weighted by Gasteiger charge is -2.19. The Morgan fingerprint density at radius 3 is 2.38 bits per heavy atom. The Kier molecular flexibility index (Phi) is 6.16. The lowest BCUT2D eigenvalue weighted by atomic mass is 10.1. The number of primary sulfonamides is 1. The van der Waals surface area contributed by atoms with E-state index in [1.807, 2.05) is 0 Å². The number of anilines is 3. The summed E-state index contributed by atoms with van der Waals surface area (Å²) in [5.41, 5.74) is 0.546. The SMILES string of the molecule is CC(C)[C@@H](Nc1nc(Nc2ccc(S(N)(=O)=O)cc2)ncc1Br)C(=O)O. The normalized spacial score (nSPS) is 12.7. The molecule has 0 aliphatic heterocycles. The summed E-state index contributed by atoms with van der Waals surface area (Å²) in [5.74, 6) is -0.605. The predicted octanol–water partition coefficient (Wildman–Crippen LogP) is 2.15. The summed E-state index contributed by atoms with van der Waals surface area (Å²) < 4.78 is 23.1. The minimum Gasteiger partial charge on any atom is -0.480 e. The number of nitrogens with two attached hydrogens (primary N) is 1. The Hall–Kier alpha value is -2.24. The van der Waals surface area contributed by atoms with E-state index in [1.165, 1.54) is 30.5 Å². The first-order valence-electron chi connectivity index (χ1n) is 7.49. The van der Waals surface area contributed by atoms with Crippen molar-refractivity contribution in [2.24, 2.45) is 11.1 Å². The van der Waals surface area contributed by atoms with Crippen molar-refractivity contribution in [1.29, 1.82) is 0 Å². The van der Waals surface area contributed by atoms with Gasteiger partial charge in [-0.3, -0.25) is 0 Å². The van der Waals surface area contributed by atoms with E-state index in [9.17, 15) is 18.3 Å². The van der Waals surface area contributed by atoms with E-state index in [4.69, 9.17) is 5.14 Å². The van der Waals surface area contributed by atoms with Crippen LogP contribution in [0.25, 0.3) is 0 Å². The Bertz CT molecular complexity index is 903. The third-order valence-corrected chi connectivity index (χ3v) is 4.92. The number of aromatic nitrogens is 2. The van der Waals surface area contributed by atoms with Gasteiger partial charge in [-0.05, 0) is 46.1 Å². The van der Waals surface area contributed by atoms with Gasteiger partial charge < -0.3 is 15.7 Å². The van der Waals surface area contributed by atoms with Gasteiger partial charge in [0.15, 0.2) is 0 Å². The smallest absolute Gasteiger partial charge is 0.326 e. The minimum atomic E-state index is -3.77. The van der Waals surface area contributed by atoms with Crippen molar-refractivity contribution in [3.63, 3.8) is 0 Å². The van der Waals surface area contributed by atoms with Gasteiger partial charge >= 0.3 is 5.97 Å². The van der Waals surface area contributed by atoms with Crippen LogP contribution in [0.3, 0.4) is 0 Å². The zero-order chi connectivity index (χ0) is 19.5. The number of benzene rings is 1. The van der Waals surface area contributed by atoms with Crippen LogP contribution in [0.5, 0.6) is 0 Å². The molecule has 1 aromatic carbocycles. The topological polar surface area (TPSA) is 147 Å². The Labute approximate surface area is 159 Å². The lowest BCUT2D eigenvalue weighted by Crippen LogP contribution is -2.34. The number of rotatable bonds is 7. The molecule has 11 heteroatoms. The molecule has 0 unspecified atom stereocenters.